The number of carbonyl (C=O) groups is 1. The van der Waals surface area contributed by atoms with Gasteiger partial charge in [-0.2, -0.15) is 0 Å². The summed E-state index contributed by atoms with van der Waals surface area (Å²) in [5.74, 6) is 0.998. The number of amides is 1. The highest BCUT2D eigenvalue weighted by atomic mass is 35.5. The third kappa shape index (κ3) is 5.10. The Hall–Kier alpha value is -2.34. The Morgan fingerprint density at radius 2 is 1.89 bits per heavy atom. The lowest BCUT2D eigenvalue weighted by molar-refractivity contribution is -0.885. The fourth-order valence-electron chi connectivity index (χ4n) is 2.88. The molecule has 0 aliphatic heterocycles. The topological polar surface area (TPSA) is 55.7 Å². The molecule has 0 spiro atoms. The summed E-state index contributed by atoms with van der Waals surface area (Å²) < 4.78 is 5.25. The van der Waals surface area contributed by atoms with Crippen LogP contribution in [0.5, 0.6) is 5.75 Å². The van der Waals surface area contributed by atoms with Crippen molar-refractivity contribution in [2.24, 2.45) is 0 Å². The van der Waals surface area contributed by atoms with E-state index in [-0.39, 0.29) is 5.91 Å². The first-order chi connectivity index (χ1) is 12.9. The van der Waals surface area contributed by atoms with Crippen molar-refractivity contribution < 1.29 is 14.4 Å². The van der Waals surface area contributed by atoms with E-state index < -0.39 is 0 Å². The summed E-state index contributed by atoms with van der Waals surface area (Å²) in [7, 11) is 3.63. The van der Waals surface area contributed by atoms with Gasteiger partial charge in [-0.05, 0) is 35.0 Å². The molecule has 1 aromatic heterocycles. The van der Waals surface area contributed by atoms with Crippen LogP contribution in [-0.2, 0) is 11.3 Å². The molecule has 3 rings (SSSR count). The number of halogens is 2. The number of anilines is 1. The highest BCUT2D eigenvalue weighted by Crippen LogP contribution is 2.23. The standard InChI is InChI=1S/C20H19Cl2N3O2/c1-25(12-19(26)24-20-18(22)9-16(21)10-23-20)11-13-3-4-15-8-17(27-2)6-5-14(15)7-13/h3-10H,11-12H2,1-2H3,(H,23,24,26)/p+1. The van der Waals surface area contributed by atoms with E-state index in [2.05, 4.69) is 28.5 Å². The summed E-state index contributed by atoms with van der Waals surface area (Å²) in [4.78, 5) is 17.3. The normalized spacial score (nSPS) is 12.0. The van der Waals surface area contributed by atoms with Gasteiger partial charge >= 0.3 is 0 Å². The van der Waals surface area contributed by atoms with Crippen molar-refractivity contribution in [1.29, 1.82) is 0 Å². The Labute approximate surface area is 167 Å². The summed E-state index contributed by atoms with van der Waals surface area (Å²) in [6.45, 7) is 1.01. The number of nitrogens with one attached hydrogen (secondary N) is 2. The quantitative estimate of drug-likeness (QED) is 0.662. The van der Waals surface area contributed by atoms with E-state index in [0.29, 0.717) is 22.4 Å². The minimum atomic E-state index is -0.158. The molecule has 27 heavy (non-hydrogen) atoms. The molecule has 2 aromatic carbocycles. The molecule has 3 aromatic rings. The number of hydrogen-bond acceptors (Lipinski definition) is 3. The van der Waals surface area contributed by atoms with Gasteiger partial charge in [-0.1, -0.05) is 41.4 Å². The Morgan fingerprint density at radius 1 is 1.15 bits per heavy atom. The molecule has 2 N–H and O–H groups in total. The van der Waals surface area contributed by atoms with Crippen LogP contribution >= 0.6 is 23.2 Å². The van der Waals surface area contributed by atoms with Crippen LogP contribution in [0.3, 0.4) is 0 Å². The van der Waals surface area contributed by atoms with E-state index in [0.717, 1.165) is 33.5 Å². The SMILES string of the molecule is COc1ccc2cc(C[NH+](C)CC(=O)Nc3ncc(Cl)cc3Cl)ccc2c1. The Balaban J connectivity index is 1.62. The predicted molar refractivity (Wildman–Crippen MR) is 109 cm³/mol. The number of carbonyl (C=O) groups excluding carboxylic acids is 1. The summed E-state index contributed by atoms with van der Waals surface area (Å²) in [6.07, 6.45) is 1.45. The minimum Gasteiger partial charge on any atom is -0.497 e. The van der Waals surface area contributed by atoms with E-state index >= 15 is 0 Å². The monoisotopic (exact) mass is 404 g/mol. The fourth-order valence-corrected chi connectivity index (χ4v) is 3.31. The van der Waals surface area contributed by atoms with E-state index in [1.807, 2.05) is 25.2 Å². The number of benzene rings is 2. The Bertz CT molecular complexity index is 979. The van der Waals surface area contributed by atoms with Gasteiger partial charge in [0.1, 0.15) is 12.3 Å². The summed E-state index contributed by atoms with van der Waals surface area (Å²) in [6, 6.07) is 13.8. The molecule has 7 heteroatoms. The maximum absolute atomic E-state index is 12.3. The molecule has 1 atom stereocenters. The van der Waals surface area contributed by atoms with Crippen LogP contribution in [0.25, 0.3) is 10.8 Å². The number of rotatable bonds is 6. The smallest absolute Gasteiger partial charge is 0.280 e. The number of fused-ring (bicyclic) bond motifs is 1. The molecule has 1 amide bonds. The fraction of sp³-hybridized carbons (Fsp3) is 0.200. The van der Waals surface area contributed by atoms with Crippen LogP contribution in [-0.4, -0.2) is 31.6 Å². The molecule has 0 bridgehead atoms. The van der Waals surface area contributed by atoms with Crippen molar-refractivity contribution in [3.63, 3.8) is 0 Å². The lowest BCUT2D eigenvalue weighted by atomic mass is 10.1. The van der Waals surface area contributed by atoms with E-state index in [9.17, 15) is 4.79 Å². The van der Waals surface area contributed by atoms with Crippen LogP contribution in [0.1, 0.15) is 5.56 Å². The molecule has 0 saturated heterocycles. The van der Waals surface area contributed by atoms with Gasteiger partial charge in [0.25, 0.3) is 5.91 Å². The zero-order valence-corrected chi connectivity index (χ0v) is 16.6. The van der Waals surface area contributed by atoms with Crippen LogP contribution < -0.4 is 15.0 Å². The number of quaternary nitrogens is 1. The van der Waals surface area contributed by atoms with Gasteiger partial charge in [-0.3, -0.25) is 4.79 Å². The molecule has 0 aliphatic rings. The average molecular weight is 405 g/mol. The van der Waals surface area contributed by atoms with Crippen LogP contribution in [0, 0.1) is 0 Å². The maximum atomic E-state index is 12.3. The van der Waals surface area contributed by atoms with Crippen LogP contribution in [0.2, 0.25) is 10.0 Å². The van der Waals surface area contributed by atoms with Crippen molar-refractivity contribution >= 4 is 45.7 Å². The largest absolute Gasteiger partial charge is 0.497 e. The predicted octanol–water partition coefficient (Wildman–Crippen LogP) is 3.20. The van der Waals surface area contributed by atoms with Gasteiger partial charge in [-0.25, -0.2) is 4.98 Å². The highest BCUT2D eigenvalue weighted by Gasteiger charge is 2.13. The number of likely N-dealkylation sites (N-methyl/N-ethyl adjacent to an activating group) is 1. The number of ether oxygens (including phenoxy) is 1. The molecule has 0 saturated carbocycles. The van der Waals surface area contributed by atoms with Gasteiger partial charge in [0.15, 0.2) is 12.4 Å². The molecular formula is C20H20Cl2N3O2+. The Morgan fingerprint density at radius 3 is 2.63 bits per heavy atom. The maximum Gasteiger partial charge on any atom is 0.280 e. The molecule has 0 radical (unpaired) electrons. The zero-order chi connectivity index (χ0) is 19.4. The summed E-state index contributed by atoms with van der Waals surface area (Å²) in [5, 5.41) is 5.73. The molecule has 1 heterocycles. The third-order valence-electron chi connectivity index (χ3n) is 4.15. The summed E-state index contributed by atoms with van der Waals surface area (Å²) >= 11 is 11.9. The zero-order valence-electron chi connectivity index (χ0n) is 15.1. The number of pyridine rings is 1. The second kappa shape index (κ2) is 8.57. The van der Waals surface area contributed by atoms with E-state index in [1.54, 1.807) is 13.2 Å². The van der Waals surface area contributed by atoms with Crippen molar-refractivity contribution in [1.82, 2.24) is 4.98 Å². The number of hydrogen-bond donors (Lipinski definition) is 2. The van der Waals surface area contributed by atoms with E-state index in [4.69, 9.17) is 27.9 Å². The second-order valence-corrected chi connectivity index (χ2v) is 7.23. The van der Waals surface area contributed by atoms with Crippen molar-refractivity contribution in [3.8, 4) is 5.75 Å². The Kier molecular flexibility index (Phi) is 6.16. The van der Waals surface area contributed by atoms with Gasteiger partial charge in [0.2, 0.25) is 0 Å². The highest BCUT2D eigenvalue weighted by molar-refractivity contribution is 6.36. The van der Waals surface area contributed by atoms with Crippen LogP contribution in [0.4, 0.5) is 5.82 Å². The van der Waals surface area contributed by atoms with Gasteiger partial charge in [-0.15, -0.1) is 0 Å². The van der Waals surface area contributed by atoms with Crippen molar-refractivity contribution in [3.05, 3.63) is 64.3 Å². The first kappa shape index (κ1) is 19.4. The first-order valence-corrected chi connectivity index (χ1v) is 9.19. The molecule has 1 unspecified atom stereocenters. The first-order valence-electron chi connectivity index (χ1n) is 8.43. The average Bonchev–Trinajstić information content (AvgIpc) is 2.63. The van der Waals surface area contributed by atoms with Gasteiger partial charge in [0, 0.05) is 11.8 Å². The summed E-state index contributed by atoms with van der Waals surface area (Å²) in [5.41, 5.74) is 1.15. The third-order valence-corrected chi connectivity index (χ3v) is 4.64. The number of aromatic nitrogens is 1. The van der Waals surface area contributed by atoms with E-state index in [1.165, 1.54) is 6.20 Å². The minimum absolute atomic E-state index is 0.158. The number of methoxy groups -OCH3 is 1. The van der Waals surface area contributed by atoms with Crippen molar-refractivity contribution in [2.45, 2.75) is 6.54 Å². The molecule has 5 nitrogen and oxygen atoms in total. The van der Waals surface area contributed by atoms with Crippen molar-refractivity contribution in [2.75, 3.05) is 26.0 Å². The second-order valence-electron chi connectivity index (χ2n) is 6.39. The lowest BCUT2D eigenvalue weighted by Crippen LogP contribution is -3.08. The lowest BCUT2D eigenvalue weighted by Gasteiger charge is -2.14. The molecule has 0 aliphatic carbocycles. The van der Waals surface area contributed by atoms with Gasteiger partial charge in [0.05, 0.1) is 24.2 Å². The number of nitrogens with zero attached hydrogens (tertiary/aromatic N) is 1. The molecule has 0 fully saturated rings. The molecular weight excluding hydrogens is 385 g/mol. The van der Waals surface area contributed by atoms with Crippen LogP contribution in [0.15, 0.2) is 48.7 Å². The van der Waals surface area contributed by atoms with Gasteiger partial charge < -0.3 is 15.0 Å². The molecule has 140 valence electrons.